The van der Waals surface area contributed by atoms with Crippen molar-refractivity contribution in [3.05, 3.63) is 115 Å². The van der Waals surface area contributed by atoms with Gasteiger partial charge in [-0.05, 0) is 59.8 Å². The Labute approximate surface area is 153 Å². The van der Waals surface area contributed by atoms with Crippen LogP contribution in [0.25, 0.3) is 0 Å². The quantitative estimate of drug-likeness (QED) is 0.552. The normalized spacial score (nSPS) is 11.8. The number of nitrogens with one attached hydrogen (secondary N) is 1. The summed E-state index contributed by atoms with van der Waals surface area (Å²) in [4.78, 5) is 2.25. The first-order chi connectivity index (χ1) is 12.4. The van der Waals surface area contributed by atoms with Crippen LogP contribution in [0.1, 0.15) is 0 Å². The van der Waals surface area contributed by atoms with E-state index < -0.39 is 0 Å². The lowest BCUT2D eigenvalue weighted by Gasteiger charge is -2.25. The number of allylic oxidation sites excluding steroid dienone is 2. The zero-order valence-electron chi connectivity index (χ0n) is 13.8. The summed E-state index contributed by atoms with van der Waals surface area (Å²) in [6.07, 6.45) is 5.84. The molecule has 0 aromatic heterocycles. The zero-order chi connectivity index (χ0) is 17.2. The molecule has 3 heteroatoms. The molecule has 124 valence electrons. The van der Waals surface area contributed by atoms with Gasteiger partial charge in [-0.1, -0.05) is 60.7 Å². The number of nitrogens with zero attached hydrogens (tertiary/aromatic N) is 1. The van der Waals surface area contributed by atoms with Crippen molar-refractivity contribution in [2.45, 2.75) is 0 Å². The second-order valence-electron chi connectivity index (χ2n) is 5.27. The smallest absolute Gasteiger partial charge is 0.0461 e. The van der Waals surface area contributed by atoms with Crippen molar-refractivity contribution >= 4 is 29.0 Å². The highest BCUT2D eigenvalue weighted by Crippen LogP contribution is 2.33. The number of hydrogen-bond donors (Lipinski definition) is 1. The van der Waals surface area contributed by atoms with Gasteiger partial charge in [-0.15, -0.1) is 0 Å². The average Bonchev–Trinajstić information content (AvgIpc) is 2.72. The van der Waals surface area contributed by atoms with Crippen LogP contribution in [-0.2, 0) is 0 Å². The van der Waals surface area contributed by atoms with Gasteiger partial charge in [-0.3, -0.25) is 0 Å². The first-order valence-electron chi connectivity index (χ1n) is 8.13. The summed E-state index contributed by atoms with van der Waals surface area (Å²) in [5, 5.41) is 1.99. The van der Waals surface area contributed by atoms with Crippen LogP contribution >= 0.6 is 11.9 Å². The monoisotopic (exact) mass is 344 g/mol. The van der Waals surface area contributed by atoms with Crippen LogP contribution in [0.2, 0.25) is 0 Å². The van der Waals surface area contributed by atoms with Crippen LogP contribution in [-0.4, -0.2) is 0 Å². The van der Waals surface area contributed by atoms with Crippen LogP contribution in [0, 0.1) is 0 Å². The third-order valence-corrected chi connectivity index (χ3v) is 4.10. The Hall–Kier alpha value is -2.91. The van der Waals surface area contributed by atoms with Gasteiger partial charge in [0.15, 0.2) is 0 Å². The minimum absolute atomic E-state index is 1.17. The van der Waals surface area contributed by atoms with Gasteiger partial charge in [0.25, 0.3) is 0 Å². The van der Waals surface area contributed by atoms with E-state index in [-0.39, 0.29) is 0 Å². The molecule has 1 aliphatic heterocycles. The Bertz CT molecular complexity index is 693. The van der Waals surface area contributed by atoms with Crippen molar-refractivity contribution in [1.82, 2.24) is 4.72 Å². The maximum atomic E-state index is 2.93. The van der Waals surface area contributed by atoms with Crippen molar-refractivity contribution in [3.8, 4) is 0 Å². The molecule has 1 aliphatic rings. The van der Waals surface area contributed by atoms with Gasteiger partial charge < -0.3 is 9.62 Å². The summed E-state index contributed by atoms with van der Waals surface area (Å²) in [5.41, 5.74) is 3.50. The molecule has 4 rings (SSSR count). The lowest BCUT2D eigenvalue weighted by atomic mass is 10.2. The van der Waals surface area contributed by atoms with Gasteiger partial charge in [0.1, 0.15) is 0 Å². The van der Waals surface area contributed by atoms with Gasteiger partial charge in [0.05, 0.1) is 0 Å². The topological polar surface area (TPSA) is 15.3 Å². The van der Waals surface area contributed by atoms with Gasteiger partial charge in [-0.2, -0.15) is 0 Å². The summed E-state index contributed by atoms with van der Waals surface area (Å²) in [5.74, 6) is 0. The van der Waals surface area contributed by atoms with Gasteiger partial charge in [0.2, 0.25) is 0 Å². The van der Waals surface area contributed by atoms with E-state index in [9.17, 15) is 0 Å². The van der Waals surface area contributed by atoms with Crippen LogP contribution in [0.4, 0.5) is 17.1 Å². The van der Waals surface area contributed by atoms with Crippen LogP contribution in [0.5, 0.6) is 0 Å². The summed E-state index contributed by atoms with van der Waals surface area (Å²) < 4.78 is 2.93. The number of benzene rings is 3. The molecular weight excluding hydrogens is 324 g/mol. The Balaban J connectivity index is 0.000000258. The predicted octanol–water partition coefficient (Wildman–Crippen LogP) is 6.42. The van der Waals surface area contributed by atoms with E-state index in [1.54, 1.807) is 11.9 Å². The molecule has 0 aliphatic carbocycles. The van der Waals surface area contributed by atoms with E-state index >= 15 is 0 Å². The summed E-state index contributed by atoms with van der Waals surface area (Å²) >= 11 is 1.58. The fourth-order valence-corrected chi connectivity index (χ4v) is 2.84. The maximum absolute atomic E-state index is 2.93. The second kappa shape index (κ2) is 9.40. The van der Waals surface area contributed by atoms with Gasteiger partial charge >= 0.3 is 0 Å². The molecule has 0 amide bonds. The Morgan fingerprint density at radius 1 is 0.560 bits per heavy atom. The zero-order valence-corrected chi connectivity index (χ0v) is 14.6. The van der Waals surface area contributed by atoms with Crippen LogP contribution in [0.15, 0.2) is 115 Å². The van der Waals surface area contributed by atoms with E-state index in [4.69, 9.17) is 0 Å². The molecule has 3 aromatic carbocycles. The van der Waals surface area contributed by atoms with E-state index in [0.29, 0.717) is 0 Å². The molecule has 0 saturated carbocycles. The molecule has 25 heavy (non-hydrogen) atoms. The van der Waals surface area contributed by atoms with Crippen LogP contribution in [0.3, 0.4) is 0 Å². The third-order valence-electron chi connectivity index (χ3n) is 3.53. The van der Waals surface area contributed by atoms with Crippen molar-refractivity contribution in [2.24, 2.45) is 0 Å². The lowest BCUT2D eigenvalue weighted by Crippen LogP contribution is -2.09. The van der Waals surface area contributed by atoms with Crippen molar-refractivity contribution in [3.63, 3.8) is 0 Å². The van der Waals surface area contributed by atoms with Gasteiger partial charge in [0, 0.05) is 23.3 Å². The van der Waals surface area contributed by atoms with Gasteiger partial charge in [-0.25, -0.2) is 0 Å². The number of anilines is 3. The fourth-order valence-electron chi connectivity index (χ4n) is 2.44. The van der Waals surface area contributed by atoms with Crippen molar-refractivity contribution < 1.29 is 0 Å². The third kappa shape index (κ3) is 5.03. The Morgan fingerprint density at radius 3 is 1.24 bits per heavy atom. The summed E-state index contributed by atoms with van der Waals surface area (Å²) in [6, 6.07) is 31.3. The average molecular weight is 344 g/mol. The number of hydrogen-bond acceptors (Lipinski definition) is 3. The van der Waals surface area contributed by atoms with E-state index in [1.165, 1.54) is 17.1 Å². The van der Waals surface area contributed by atoms with Crippen molar-refractivity contribution in [1.29, 1.82) is 0 Å². The molecular formula is C22H20N2S. The highest BCUT2D eigenvalue weighted by atomic mass is 32.2. The second-order valence-corrected chi connectivity index (χ2v) is 6.01. The first-order valence-corrected chi connectivity index (χ1v) is 9.01. The summed E-state index contributed by atoms with van der Waals surface area (Å²) in [7, 11) is 0. The van der Waals surface area contributed by atoms with E-state index in [2.05, 4.69) is 82.4 Å². The molecule has 0 fully saturated rings. The lowest BCUT2D eigenvalue weighted by molar-refractivity contribution is 1.28. The molecule has 0 saturated heterocycles. The largest absolute Gasteiger partial charge is 0.333 e. The Morgan fingerprint density at radius 2 is 1.00 bits per heavy atom. The maximum Gasteiger partial charge on any atom is 0.0461 e. The minimum Gasteiger partial charge on any atom is -0.333 e. The minimum atomic E-state index is 1.17. The first kappa shape index (κ1) is 16.9. The summed E-state index contributed by atoms with van der Waals surface area (Å²) in [6.45, 7) is 0. The molecule has 0 unspecified atom stereocenters. The fraction of sp³-hybridized carbons (Fsp3) is 0. The predicted molar refractivity (Wildman–Crippen MR) is 110 cm³/mol. The SMILES string of the molecule is C1=CNSC=C1.c1ccc(N(c2ccccc2)c2ccccc2)cc1. The highest BCUT2D eigenvalue weighted by Gasteiger charge is 2.10. The molecule has 0 spiro atoms. The van der Waals surface area contributed by atoms with E-state index in [0.717, 1.165) is 0 Å². The molecule has 1 N–H and O–H groups in total. The molecule has 0 atom stereocenters. The Kier molecular flexibility index (Phi) is 6.37. The van der Waals surface area contributed by atoms with E-state index in [1.807, 2.05) is 42.0 Å². The molecule has 0 bridgehead atoms. The highest BCUT2D eigenvalue weighted by molar-refractivity contribution is 8.00. The molecule has 0 radical (unpaired) electrons. The molecule has 3 aromatic rings. The number of rotatable bonds is 3. The molecule has 1 heterocycles. The van der Waals surface area contributed by atoms with Crippen molar-refractivity contribution in [2.75, 3.05) is 4.90 Å². The molecule has 2 nitrogen and oxygen atoms in total. The van der Waals surface area contributed by atoms with Crippen LogP contribution < -0.4 is 9.62 Å². The number of para-hydroxylation sites is 3. The standard InChI is InChI=1S/C18H15N.C4H5NS/c1-4-10-16(11-5-1)19(17-12-6-2-7-13-17)18-14-8-3-9-15-18;1-2-4-6-5-3-1/h1-15H;1-5H.